The Bertz CT molecular complexity index is 985. The van der Waals surface area contributed by atoms with Crippen molar-refractivity contribution in [1.82, 2.24) is 15.3 Å². The van der Waals surface area contributed by atoms with Crippen molar-refractivity contribution in [3.8, 4) is 11.3 Å². The lowest BCUT2D eigenvalue weighted by Crippen LogP contribution is -2.31. The van der Waals surface area contributed by atoms with Crippen molar-refractivity contribution in [2.24, 2.45) is 0 Å². The molecular formula is C22H21N3O. The first-order valence-corrected chi connectivity index (χ1v) is 8.97. The van der Waals surface area contributed by atoms with Gasteiger partial charge in [0, 0.05) is 36.1 Å². The van der Waals surface area contributed by atoms with Crippen molar-refractivity contribution in [2.45, 2.75) is 19.8 Å². The van der Waals surface area contributed by atoms with Crippen LogP contribution in [0.25, 0.3) is 23.4 Å². The number of hydrogen-bond donors (Lipinski definition) is 2. The Labute approximate surface area is 153 Å². The number of carbonyl (C=O) groups excluding carboxylic acids is 1. The molecule has 0 aliphatic carbocycles. The maximum absolute atomic E-state index is 12.0. The quantitative estimate of drug-likeness (QED) is 0.749. The molecule has 0 radical (unpaired) electrons. The summed E-state index contributed by atoms with van der Waals surface area (Å²) in [5, 5.41) is 2.88. The first-order valence-electron chi connectivity index (χ1n) is 8.97. The van der Waals surface area contributed by atoms with Crippen LogP contribution < -0.4 is 5.32 Å². The highest BCUT2D eigenvalue weighted by Gasteiger charge is 2.19. The smallest absolute Gasteiger partial charge is 0.253 e. The minimum Gasteiger partial charge on any atom is -0.358 e. The van der Waals surface area contributed by atoms with Gasteiger partial charge in [-0.1, -0.05) is 37.3 Å². The van der Waals surface area contributed by atoms with E-state index in [4.69, 9.17) is 0 Å². The zero-order chi connectivity index (χ0) is 17.9. The molecule has 1 aromatic carbocycles. The minimum atomic E-state index is -0.000835. The molecule has 4 heteroatoms. The Kier molecular flexibility index (Phi) is 4.40. The van der Waals surface area contributed by atoms with Gasteiger partial charge in [0.2, 0.25) is 0 Å². The van der Waals surface area contributed by atoms with Gasteiger partial charge in [-0.15, -0.1) is 0 Å². The summed E-state index contributed by atoms with van der Waals surface area (Å²) in [7, 11) is 0. The number of pyridine rings is 1. The molecule has 0 saturated heterocycles. The lowest BCUT2D eigenvalue weighted by Gasteiger charge is -2.10. The van der Waals surface area contributed by atoms with Crippen LogP contribution >= 0.6 is 0 Å². The third-order valence-corrected chi connectivity index (χ3v) is 4.77. The summed E-state index contributed by atoms with van der Waals surface area (Å²) in [6, 6.07) is 14.3. The molecule has 1 aliphatic rings. The predicted molar refractivity (Wildman–Crippen MR) is 105 cm³/mol. The van der Waals surface area contributed by atoms with Crippen LogP contribution in [0.5, 0.6) is 0 Å². The van der Waals surface area contributed by atoms with E-state index < -0.39 is 0 Å². The second-order valence-electron chi connectivity index (χ2n) is 6.44. The van der Waals surface area contributed by atoms with Crippen molar-refractivity contribution in [1.29, 1.82) is 0 Å². The number of H-pyrrole nitrogens is 1. The topological polar surface area (TPSA) is 57.8 Å². The number of fused-ring (bicyclic) bond motifs is 1. The van der Waals surface area contributed by atoms with E-state index in [0.29, 0.717) is 6.54 Å². The fourth-order valence-corrected chi connectivity index (χ4v) is 3.35. The first-order chi connectivity index (χ1) is 12.7. The van der Waals surface area contributed by atoms with Crippen molar-refractivity contribution in [3.63, 3.8) is 0 Å². The standard InChI is InChI=1S/C22H21N3O/c1-2-15-5-3-4-6-16(15)7-8-18-13-17(9-11-23-18)21-14-19-20(25-21)10-12-24-22(19)26/h3-9,11,13-14,25H,2,10,12H2,1H3,(H,24,26)/b8-7+. The molecule has 0 saturated carbocycles. The summed E-state index contributed by atoms with van der Waals surface area (Å²) in [6.45, 7) is 2.85. The van der Waals surface area contributed by atoms with Crippen LogP contribution in [-0.4, -0.2) is 22.4 Å². The fraction of sp³-hybridized carbons (Fsp3) is 0.182. The molecule has 2 N–H and O–H groups in total. The molecule has 0 spiro atoms. The number of nitrogens with zero attached hydrogens (tertiary/aromatic N) is 1. The molecular weight excluding hydrogens is 322 g/mol. The second-order valence-corrected chi connectivity index (χ2v) is 6.44. The van der Waals surface area contributed by atoms with E-state index in [0.717, 1.165) is 41.1 Å². The summed E-state index contributed by atoms with van der Waals surface area (Å²) in [6.07, 6.45) is 7.79. The molecule has 0 unspecified atom stereocenters. The van der Waals surface area contributed by atoms with Gasteiger partial charge >= 0.3 is 0 Å². The molecule has 3 aromatic rings. The fourth-order valence-electron chi connectivity index (χ4n) is 3.35. The molecule has 130 valence electrons. The number of benzene rings is 1. The van der Waals surface area contributed by atoms with Gasteiger partial charge < -0.3 is 10.3 Å². The zero-order valence-corrected chi connectivity index (χ0v) is 14.8. The number of aryl methyl sites for hydroxylation is 1. The second kappa shape index (κ2) is 7.00. The number of aromatic nitrogens is 2. The Morgan fingerprint density at radius 3 is 2.88 bits per heavy atom. The lowest BCUT2D eigenvalue weighted by molar-refractivity contribution is 0.0946. The number of carbonyl (C=O) groups is 1. The van der Waals surface area contributed by atoms with Crippen molar-refractivity contribution >= 4 is 18.1 Å². The molecule has 0 atom stereocenters. The first kappa shape index (κ1) is 16.3. The van der Waals surface area contributed by atoms with Gasteiger partial charge in [-0.05, 0) is 41.8 Å². The average Bonchev–Trinajstić information content (AvgIpc) is 3.13. The van der Waals surface area contributed by atoms with E-state index in [1.807, 2.05) is 24.3 Å². The molecule has 2 aromatic heterocycles. The normalized spacial score (nSPS) is 13.7. The molecule has 1 amide bonds. The molecule has 3 heterocycles. The van der Waals surface area contributed by atoms with E-state index in [-0.39, 0.29) is 5.91 Å². The Morgan fingerprint density at radius 1 is 1.15 bits per heavy atom. The number of rotatable bonds is 4. The lowest BCUT2D eigenvalue weighted by atomic mass is 10.0. The van der Waals surface area contributed by atoms with E-state index in [1.165, 1.54) is 11.1 Å². The maximum Gasteiger partial charge on any atom is 0.253 e. The molecule has 0 bridgehead atoms. The Balaban J connectivity index is 1.63. The molecule has 0 fully saturated rings. The molecule has 26 heavy (non-hydrogen) atoms. The Hall–Kier alpha value is -3.14. The highest BCUT2D eigenvalue weighted by Crippen LogP contribution is 2.24. The van der Waals surface area contributed by atoms with Crippen LogP contribution in [0.2, 0.25) is 0 Å². The monoisotopic (exact) mass is 343 g/mol. The number of hydrogen-bond acceptors (Lipinski definition) is 2. The van der Waals surface area contributed by atoms with Gasteiger partial charge in [0.25, 0.3) is 5.91 Å². The van der Waals surface area contributed by atoms with Crippen LogP contribution in [0.1, 0.15) is 39.8 Å². The molecule has 4 rings (SSSR count). The summed E-state index contributed by atoms with van der Waals surface area (Å²) in [4.78, 5) is 19.8. The van der Waals surface area contributed by atoms with Crippen molar-refractivity contribution in [3.05, 3.63) is 76.7 Å². The van der Waals surface area contributed by atoms with Gasteiger partial charge in [0.05, 0.1) is 11.3 Å². The molecule has 4 nitrogen and oxygen atoms in total. The van der Waals surface area contributed by atoms with Crippen LogP contribution in [-0.2, 0) is 12.8 Å². The predicted octanol–water partition coefficient (Wildman–Crippen LogP) is 4.10. The minimum absolute atomic E-state index is 0.000835. The van der Waals surface area contributed by atoms with E-state index in [2.05, 4.69) is 52.5 Å². The zero-order valence-electron chi connectivity index (χ0n) is 14.8. The van der Waals surface area contributed by atoms with Crippen molar-refractivity contribution < 1.29 is 4.79 Å². The van der Waals surface area contributed by atoms with Crippen molar-refractivity contribution in [2.75, 3.05) is 6.54 Å². The Morgan fingerprint density at radius 2 is 2.04 bits per heavy atom. The van der Waals surface area contributed by atoms with E-state index in [9.17, 15) is 4.79 Å². The summed E-state index contributed by atoms with van der Waals surface area (Å²) in [5.41, 5.74) is 7.18. The highest BCUT2D eigenvalue weighted by atomic mass is 16.1. The van der Waals surface area contributed by atoms with E-state index in [1.54, 1.807) is 6.20 Å². The van der Waals surface area contributed by atoms with Gasteiger partial charge in [-0.2, -0.15) is 0 Å². The largest absolute Gasteiger partial charge is 0.358 e. The van der Waals surface area contributed by atoms with Crippen LogP contribution in [0, 0.1) is 0 Å². The maximum atomic E-state index is 12.0. The van der Waals surface area contributed by atoms with Gasteiger partial charge in [-0.3, -0.25) is 9.78 Å². The molecule has 1 aliphatic heterocycles. The third-order valence-electron chi connectivity index (χ3n) is 4.77. The third kappa shape index (κ3) is 3.18. The summed E-state index contributed by atoms with van der Waals surface area (Å²) < 4.78 is 0. The van der Waals surface area contributed by atoms with E-state index >= 15 is 0 Å². The van der Waals surface area contributed by atoms with Crippen LogP contribution in [0.15, 0.2) is 48.7 Å². The number of amides is 1. The van der Waals surface area contributed by atoms with Gasteiger partial charge in [0.15, 0.2) is 0 Å². The summed E-state index contributed by atoms with van der Waals surface area (Å²) in [5.74, 6) is -0.000835. The number of aromatic amines is 1. The van der Waals surface area contributed by atoms with Gasteiger partial charge in [0.1, 0.15) is 0 Å². The van der Waals surface area contributed by atoms with Crippen LogP contribution in [0.3, 0.4) is 0 Å². The summed E-state index contributed by atoms with van der Waals surface area (Å²) >= 11 is 0. The average molecular weight is 343 g/mol. The number of nitrogens with one attached hydrogen (secondary N) is 2. The van der Waals surface area contributed by atoms with Gasteiger partial charge in [-0.25, -0.2) is 0 Å². The highest BCUT2D eigenvalue weighted by molar-refractivity contribution is 5.97. The SMILES string of the molecule is CCc1ccccc1/C=C/c1cc(-c2cc3c([nH]2)CCNC3=O)ccn1. The van der Waals surface area contributed by atoms with Crippen LogP contribution in [0.4, 0.5) is 0 Å².